The number of alkyl halides is 1. The Morgan fingerprint density at radius 2 is 2.09 bits per heavy atom. The average molecular weight is 195 g/mol. The molecular formula is C7H15ClO2Si. The van der Waals surface area contributed by atoms with Crippen LogP contribution < -0.4 is 0 Å². The number of aliphatic carboxylic acids is 1. The molecule has 0 radical (unpaired) electrons. The lowest BCUT2D eigenvalue weighted by Gasteiger charge is -2.17. The molecule has 0 unspecified atom stereocenters. The van der Waals surface area contributed by atoms with E-state index >= 15 is 0 Å². The summed E-state index contributed by atoms with van der Waals surface area (Å²) in [4.78, 5) is 10.2. The molecule has 0 aliphatic heterocycles. The third-order valence-corrected chi connectivity index (χ3v) is 6.21. The minimum atomic E-state index is -1.24. The Labute approximate surface area is 73.6 Å². The van der Waals surface area contributed by atoms with Gasteiger partial charge in [0, 0.05) is 11.9 Å². The van der Waals surface area contributed by atoms with E-state index in [1.165, 1.54) is 0 Å². The van der Waals surface area contributed by atoms with Gasteiger partial charge in [-0.05, 0) is 6.42 Å². The van der Waals surface area contributed by atoms with Gasteiger partial charge in [-0.25, -0.2) is 0 Å². The van der Waals surface area contributed by atoms with Gasteiger partial charge in [-0.2, -0.15) is 0 Å². The molecule has 0 spiro atoms. The molecule has 0 rings (SSSR count). The van der Waals surface area contributed by atoms with Gasteiger partial charge in [0.15, 0.2) is 0 Å². The highest BCUT2D eigenvalue weighted by atomic mass is 35.5. The molecule has 66 valence electrons. The van der Waals surface area contributed by atoms with Crippen LogP contribution in [0, 0.1) is 0 Å². The summed E-state index contributed by atoms with van der Waals surface area (Å²) in [5.41, 5.74) is 0.729. The predicted molar refractivity (Wildman–Crippen MR) is 49.9 cm³/mol. The topological polar surface area (TPSA) is 37.3 Å². The Morgan fingerprint density at radius 1 is 1.55 bits per heavy atom. The Kier molecular flexibility index (Phi) is 4.76. The van der Waals surface area contributed by atoms with E-state index in [0.29, 0.717) is 0 Å². The van der Waals surface area contributed by atoms with Crippen molar-refractivity contribution in [1.82, 2.24) is 0 Å². The Balaban J connectivity index is 3.45. The van der Waals surface area contributed by atoms with Crippen molar-refractivity contribution in [3.8, 4) is 0 Å². The van der Waals surface area contributed by atoms with E-state index in [1.807, 2.05) is 0 Å². The zero-order valence-corrected chi connectivity index (χ0v) is 8.82. The number of hydrogen-bond donors (Lipinski definition) is 1. The zero-order chi connectivity index (χ0) is 8.91. The van der Waals surface area contributed by atoms with Gasteiger partial charge >= 0.3 is 5.97 Å². The van der Waals surface area contributed by atoms with Gasteiger partial charge in [0.05, 0.1) is 8.07 Å². The van der Waals surface area contributed by atoms with Gasteiger partial charge in [0.2, 0.25) is 0 Å². The first-order valence-electron chi connectivity index (χ1n) is 3.76. The van der Waals surface area contributed by atoms with Crippen molar-refractivity contribution in [2.45, 2.75) is 32.0 Å². The molecule has 1 N–H and O–H groups in total. The SMILES string of the molecule is C[Si](C)(CCl)CCCC(=O)O. The van der Waals surface area contributed by atoms with Crippen molar-refractivity contribution >= 4 is 25.6 Å². The van der Waals surface area contributed by atoms with Gasteiger partial charge in [-0.1, -0.05) is 19.1 Å². The van der Waals surface area contributed by atoms with Crippen molar-refractivity contribution < 1.29 is 9.90 Å². The van der Waals surface area contributed by atoms with Crippen LogP contribution in [0.1, 0.15) is 12.8 Å². The lowest BCUT2D eigenvalue weighted by molar-refractivity contribution is -0.137. The number of carboxylic acids is 1. The number of hydrogen-bond acceptors (Lipinski definition) is 1. The van der Waals surface area contributed by atoms with E-state index in [1.54, 1.807) is 0 Å². The molecule has 0 aromatic rings. The van der Waals surface area contributed by atoms with E-state index in [4.69, 9.17) is 16.7 Å². The van der Waals surface area contributed by atoms with E-state index in [9.17, 15) is 4.79 Å². The van der Waals surface area contributed by atoms with Crippen LogP contribution in [-0.2, 0) is 4.79 Å². The van der Waals surface area contributed by atoms with Crippen molar-refractivity contribution in [2.75, 3.05) is 5.50 Å². The molecule has 0 aromatic carbocycles. The first kappa shape index (κ1) is 11.0. The first-order chi connectivity index (χ1) is 4.98. The fourth-order valence-electron chi connectivity index (χ4n) is 0.785. The normalized spacial score (nSPS) is 11.5. The van der Waals surface area contributed by atoms with Gasteiger partial charge in [0.25, 0.3) is 0 Å². The summed E-state index contributed by atoms with van der Waals surface area (Å²) in [5.74, 6) is -0.704. The minimum Gasteiger partial charge on any atom is -0.481 e. The van der Waals surface area contributed by atoms with Crippen LogP contribution in [0.4, 0.5) is 0 Å². The number of rotatable bonds is 5. The van der Waals surface area contributed by atoms with Crippen molar-refractivity contribution in [1.29, 1.82) is 0 Å². The third kappa shape index (κ3) is 6.38. The van der Waals surface area contributed by atoms with Gasteiger partial charge in [0.1, 0.15) is 0 Å². The number of halogens is 1. The minimum absolute atomic E-state index is 0.285. The lowest BCUT2D eigenvalue weighted by Crippen LogP contribution is -2.27. The molecule has 0 saturated carbocycles. The summed E-state index contributed by atoms with van der Waals surface area (Å²) >= 11 is 5.72. The average Bonchev–Trinajstić information content (AvgIpc) is 1.87. The Morgan fingerprint density at radius 3 is 2.45 bits per heavy atom. The van der Waals surface area contributed by atoms with Crippen LogP contribution in [-0.4, -0.2) is 24.7 Å². The highest BCUT2D eigenvalue weighted by molar-refractivity contribution is 6.83. The molecule has 0 aromatic heterocycles. The van der Waals surface area contributed by atoms with Crippen molar-refractivity contribution in [2.24, 2.45) is 0 Å². The smallest absolute Gasteiger partial charge is 0.303 e. The lowest BCUT2D eigenvalue weighted by atomic mass is 10.3. The maximum Gasteiger partial charge on any atom is 0.303 e. The molecule has 4 heteroatoms. The molecule has 11 heavy (non-hydrogen) atoms. The maximum absolute atomic E-state index is 10.2. The molecule has 0 aliphatic carbocycles. The first-order valence-corrected chi connectivity index (χ1v) is 7.70. The highest BCUT2D eigenvalue weighted by Crippen LogP contribution is 2.14. The Bertz CT molecular complexity index is 136. The van der Waals surface area contributed by atoms with Gasteiger partial charge in [-0.3, -0.25) is 4.79 Å². The summed E-state index contributed by atoms with van der Waals surface area (Å²) in [6.07, 6.45) is 1.06. The third-order valence-electron chi connectivity index (χ3n) is 1.61. The van der Waals surface area contributed by atoms with Crippen LogP contribution >= 0.6 is 11.6 Å². The largest absolute Gasteiger partial charge is 0.481 e. The molecule has 2 nitrogen and oxygen atoms in total. The Hall–Kier alpha value is -0.0231. The molecule has 0 heterocycles. The van der Waals surface area contributed by atoms with E-state index in [0.717, 1.165) is 18.0 Å². The summed E-state index contributed by atoms with van der Waals surface area (Å²) in [5, 5.41) is 8.37. The predicted octanol–water partition coefficient (Wildman–Crippen LogP) is 2.34. The summed E-state index contributed by atoms with van der Waals surface area (Å²) in [6.45, 7) is 4.36. The summed E-state index contributed by atoms with van der Waals surface area (Å²) < 4.78 is 0. The standard InChI is InChI=1S/C7H15ClO2Si/c1-11(2,6-8)5-3-4-7(9)10/h3-6H2,1-2H3,(H,9,10). The van der Waals surface area contributed by atoms with Gasteiger partial charge < -0.3 is 5.11 Å². The van der Waals surface area contributed by atoms with E-state index in [2.05, 4.69) is 13.1 Å². The molecule has 0 aliphatic rings. The second kappa shape index (κ2) is 4.77. The monoisotopic (exact) mass is 194 g/mol. The molecule has 0 saturated heterocycles. The van der Waals surface area contributed by atoms with Crippen LogP contribution in [0.15, 0.2) is 0 Å². The summed E-state index contributed by atoms with van der Waals surface area (Å²) in [6, 6.07) is 1.02. The second-order valence-corrected chi connectivity index (χ2v) is 9.44. The quantitative estimate of drug-likeness (QED) is 0.539. The fraction of sp³-hybridized carbons (Fsp3) is 0.857. The van der Waals surface area contributed by atoms with E-state index < -0.39 is 14.0 Å². The fourth-order valence-corrected chi connectivity index (χ4v) is 2.45. The molecule has 0 amide bonds. The van der Waals surface area contributed by atoms with Crippen LogP contribution in [0.2, 0.25) is 19.1 Å². The van der Waals surface area contributed by atoms with Crippen molar-refractivity contribution in [3.63, 3.8) is 0 Å². The molecule has 0 atom stereocenters. The van der Waals surface area contributed by atoms with Crippen LogP contribution in [0.5, 0.6) is 0 Å². The maximum atomic E-state index is 10.2. The second-order valence-electron chi connectivity index (χ2n) is 3.55. The number of carbonyl (C=O) groups is 1. The summed E-state index contributed by atoms with van der Waals surface area (Å²) in [7, 11) is -1.24. The van der Waals surface area contributed by atoms with E-state index in [-0.39, 0.29) is 6.42 Å². The van der Waals surface area contributed by atoms with Gasteiger partial charge in [-0.15, -0.1) is 11.6 Å². The van der Waals surface area contributed by atoms with Crippen molar-refractivity contribution in [3.05, 3.63) is 0 Å². The highest BCUT2D eigenvalue weighted by Gasteiger charge is 2.18. The van der Waals surface area contributed by atoms with Crippen LogP contribution in [0.3, 0.4) is 0 Å². The zero-order valence-electron chi connectivity index (χ0n) is 7.06. The molecule has 0 fully saturated rings. The molecule has 0 bridgehead atoms. The number of carboxylic acid groups (broad SMARTS) is 1. The molecular weight excluding hydrogens is 180 g/mol. The van der Waals surface area contributed by atoms with Crippen LogP contribution in [0.25, 0.3) is 0 Å².